The van der Waals surface area contributed by atoms with Gasteiger partial charge in [0.1, 0.15) is 17.5 Å². The molecule has 0 saturated heterocycles. The van der Waals surface area contributed by atoms with E-state index in [1.165, 1.54) is 0 Å². The quantitative estimate of drug-likeness (QED) is 0.355. The minimum absolute atomic E-state index is 0.0626. The van der Waals surface area contributed by atoms with E-state index in [0.29, 0.717) is 6.33 Å². The number of hydrogen-bond donors (Lipinski definition) is 0. The number of benzene rings is 1. The average molecular weight is 446 g/mol. The van der Waals surface area contributed by atoms with Gasteiger partial charge in [0.15, 0.2) is 5.69 Å². The minimum Gasteiger partial charge on any atom is -0.465 e. The maximum absolute atomic E-state index is 14.3. The van der Waals surface area contributed by atoms with E-state index in [9.17, 15) is 22.4 Å². The summed E-state index contributed by atoms with van der Waals surface area (Å²) in [7, 11) is 0. The predicted octanol–water partition coefficient (Wildman–Crippen LogP) is 5.32. The van der Waals surface area contributed by atoms with Crippen molar-refractivity contribution in [3.8, 4) is 11.3 Å². The zero-order valence-corrected chi connectivity index (χ0v) is 15.8. The van der Waals surface area contributed by atoms with Crippen molar-refractivity contribution >= 4 is 40.8 Å². The molecule has 11 heteroatoms. The van der Waals surface area contributed by atoms with Gasteiger partial charge >= 0.3 is 12.1 Å². The van der Waals surface area contributed by atoms with Crippen LogP contribution in [-0.2, 0) is 22.1 Å². The summed E-state index contributed by atoms with van der Waals surface area (Å²) < 4.78 is 58.0. The molecule has 146 valence electrons. The lowest BCUT2D eigenvalue weighted by Crippen LogP contribution is -2.20. The van der Waals surface area contributed by atoms with Gasteiger partial charge in [0, 0.05) is 17.0 Å². The lowest BCUT2D eigenvalue weighted by molar-refractivity contribution is -0.143. The number of hydrogen-bond acceptors (Lipinski definition) is 4. The first-order chi connectivity index (χ1) is 12.6. The van der Waals surface area contributed by atoms with Gasteiger partial charge in [0.05, 0.1) is 17.3 Å². The smallest absolute Gasteiger partial charge is 0.434 e. The second-order valence-electron chi connectivity index (χ2n) is 5.23. The molecule has 0 fully saturated rings. The first kappa shape index (κ1) is 21.7. The van der Waals surface area contributed by atoms with Crippen molar-refractivity contribution in [1.29, 1.82) is 0 Å². The second-order valence-corrected chi connectivity index (χ2v) is 6.54. The van der Waals surface area contributed by atoms with Gasteiger partial charge in [-0.25, -0.2) is 14.4 Å². The number of carbonyl (C=O) groups excluding carboxylic acids is 1. The molecule has 0 aliphatic heterocycles. The predicted molar refractivity (Wildman–Crippen MR) is 92.4 cm³/mol. The molecule has 0 spiro atoms. The van der Waals surface area contributed by atoms with E-state index in [1.807, 2.05) is 0 Å². The normalized spacial score (nSPS) is 12.7. The molecular formula is C16H11Cl3F4N2O2. The first-order valence-corrected chi connectivity index (χ1v) is 8.62. The van der Waals surface area contributed by atoms with Crippen molar-refractivity contribution < 1.29 is 27.1 Å². The van der Waals surface area contributed by atoms with Crippen molar-refractivity contribution in [2.24, 2.45) is 0 Å². The Morgan fingerprint density at radius 2 is 1.93 bits per heavy atom. The van der Waals surface area contributed by atoms with E-state index in [-0.39, 0.29) is 29.2 Å². The van der Waals surface area contributed by atoms with Crippen LogP contribution in [0.25, 0.3) is 11.3 Å². The Hall–Kier alpha value is -1.64. The molecule has 1 heterocycles. The van der Waals surface area contributed by atoms with E-state index in [2.05, 4.69) is 9.97 Å². The van der Waals surface area contributed by atoms with Gasteiger partial charge in [0.2, 0.25) is 0 Å². The number of ether oxygens (including phenoxy) is 1. The van der Waals surface area contributed by atoms with Gasteiger partial charge in [-0.05, 0) is 24.6 Å². The maximum atomic E-state index is 14.3. The van der Waals surface area contributed by atoms with E-state index in [4.69, 9.17) is 39.5 Å². The zero-order chi connectivity index (χ0) is 20.4. The summed E-state index contributed by atoms with van der Waals surface area (Å²) in [5, 5.41) is -2.04. The van der Waals surface area contributed by atoms with E-state index in [1.54, 1.807) is 6.92 Å². The fourth-order valence-corrected chi connectivity index (χ4v) is 2.96. The fourth-order valence-electron chi connectivity index (χ4n) is 2.20. The molecule has 4 nitrogen and oxygen atoms in total. The number of halogens is 7. The number of esters is 1. The number of carbonyl (C=O) groups is 1. The molecule has 1 aromatic carbocycles. The molecule has 0 bridgehead atoms. The largest absolute Gasteiger partial charge is 0.465 e. The van der Waals surface area contributed by atoms with Gasteiger partial charge in [-0.2, -0.15) is 13.2 Å². The highest BCUT2D eigenvalue weighted by molar-refractivity contribution is 6.34. The van der Waals surface area contributed by atoms with Crippen LogP contribution >= 0.6 is 34.8 Å². The van der Waals surface area contributed by atoms with Crippen LogP contribution in [0.3, 0.4) is 0 Å². The summed E-state index contributed by atoms with van der Waals surface area (Å²) in [5.41, 5.74) is -1.98. The number of aromatic nitrogens is 2. The molecule has 0 N–H and O–H groups in total. The topological polar surface area (TPSA) is 52.1 Å². The third-order valence-electron chi connectivity index (χ3n) is 3.39. The molecule has 0 aliphatic rings. The summed E-state index contributed by atoms with van der Waals surface area (Å²) in [6.45, 7) is 1.71. The Labute approximate surface area is 166 Å². The molecule has 1 unspecified atom stereocenters. The number of nitrogens with zero attached hydrogens (tertiary/aromatic N) is 2. The zero-order valence-electron chi connectivity index (χ0n) is 13.6. The highest BCUT2D eigenvalue weighted by atomic mass is 35.5. The van der Waals surface area contributed by atoms with Crippen LogP contribution in [-0.4, -0.2) is 27.9 Å². The highest BCUT2D eigenvalue weighted by Crippen LogP contribution is 2.39. The molecule has 2 aromatic rings. The van der Waals surface area contributed by atoms with Crippen LogP contribution in [0.2, 0.25) is 10.0 Å². The molecule has 1 atom stereocenters. The fraction of sp³-hybridized carbons (Fsp3) is 0.312. The lowest BCUT2D eigenvalue weighted by atomic mass is 10.0. The Balaban J connectivity index is 2.49. The number of alkyl halides is 4. The first-order valence-electron chi connectivity index (χ1n) is 7.42. The summed E-state index contributed by atoms with van der Waals surface area (Å²) in [6.07, 6.45) is -4.35. The summed E-state index contributed by atoms with van der Waals surface area (Å²) in [5.74, 6) is -1.65. The third kappa shape index (κ3) is 5.00. The van der Waals surface area contributed by atoms with Gasteiger partial charge in [0.25, 0.3) is 0 Å². The Morgan fingerprint density at radius 3 is 2.52 bits per heavy atom. The van der Waals surface area contributed by atoms with Crippen LogP contribution in [0, 0.1) is 5.82 Å². The summed E-state index contributed by atoms with van der Waals surface area (Å²) in [6, 6.07) is 2.02. The van der Waals surface area contributed by atoms with Crippen molar-refractivity contribution in [2.45, 2.75) is 24.9 Å². The van der Waals surface area contributed by atoms with Crippen molar-refractivity contribution in [3.05, 3.63) is 45.6 Å². The van der Waals surface area contributed by atoms with Crippen LogP contribution in [0.5, 0.6) is 0 Å². The molecule has 0 saturated carbocycles. The lowest BCUT2D eigenvalue weighted by Gasteiger charge is -2.14. The Bertz CT molecular complexity index is 862. The van der Waals surface area contributed by atoms with Crippen LogP contribution in [0.1, 0.15) is 18.2 Å². The van der Waals surface area contributed by atoms with Crippen molar-refractivity contribution in [3.63, 3.8) is 0 Å². The van der Waals surface area contributed by atoms with E-state index >= 15 is 0 Å². The van der Waals surface area contributed by atoms with Gasteiger partial charge in [-0.15, -0.1) is 11.6 Å². The van der Waals surface area contributed by atoms with Gasteiger partial charge in [-0.1, -0.05) is 23.2 Å². The Kier molecular flexibility index (Phi) is 6.88. The van der Waals surface area contributed by atoms with Crippen LogP contribution in [0.4, 0.5) is 17.6 Å². The molecule has 2 rings (SSSR count). The van der Waals surface area contributed by atoms with Gasteiger partial charge in [-0.3, -0.25) is 4.79 Å². The second kappa shape index (κ2) is 8.58. The van der Waals surface area contributed by atoms with Crippen LogP contribution in [0.15, 0.2) is 18.5 Å². The molecule has 1 aromatic heterocycles. The van der Waals surface area contributed by atoms with Crippen molar-refractivity contribution in [1.82, 2.24) is 9.97 Å². The molecule has 0 aliphatic carbocycles. The standard InChI is InChI=1S/C16H11Cl3F4N2O2/c1-2-27-15(26)10(18)4-7-3-8(11(20)5-9(7)17)13-12(19)14(16(21,22)23)25-6-24-13/h3,5-6,10H,2,4H2,1H3. The van der Waals surface area contributed by atoms with E-state index < -0.39 is 39.8 Å². The van der Waals surface area contributed by atoms with Crippen molar-refractivity contribution in [2.75, 3.05) is 6.61 Å². The molecule has 27 heavy (non-hydrogen) atoms. The third-order valence-corrected chi connectivity index (χ3v) is 4.43. The van der Waals surface area contributed by atoms with E-state index in [0.717, 1.165) is 12.1 Å². The summed E-state index contributed by atoms with van der Waals surface area (Å²) in [4.78, 5) is 18.4. The van der Waals surface area contributed by atoms with Gasteiger partial charge < -0.3 is 4.74 Å². The number of rotatable bonds is 5. The Morgan fingerprint density at radius 1 is 1.26 bits per heavy atom. The molecule has 0 radical (unpaired) electrons. The molecule has 0 amide bonds. The van der Waals surface area contributed by atoms with Crippen LogP contribution < -0.4 is 0 Å². The SMILES string of the molecule is CCOC(=O)C(Cl)Cc1cc(-c2ncnc(C(F)(F)F)c2Cl)c(F)cc1Cl. The summed E-state index contributed by atoms with van der Waals surface area (Å²) >= 11 is 17.7. The maximum Gasteiger partial charge on any atom is 0.434 e. The average Bonchev–Trinajstić information content (AvgIpc) is 2.57. The minimum atomic E-state index is -4.84. The monoisotopic (exact) mass is 444 g/mol. The highest BCUT2D eigenvalue weighted by Gasteiger charge is 2.37. The molecular weight excluding hydrogens is 435 g/mol.